The Morgan fingerprint density at radius 3 is 1.93 bits per heavy atom. The predicted molar refractivity (Wildman–Crippen MR) is 166 cm³/mol. The Morgan fingerprint density at radius 2 is 1.39 bits per heavy atom. The van der Waals surface area contributed by atoms with Gasteiger partial charge in [-0.15, -0.1) is 0 Å². The number of nitrogens with zero attached hydrogens (tertiary/aromatic N) is 1. The highest BCUT2D eigenvalue weighted by Crippen LogP contribution is 2.33. The monoisotopic (exact) mass is 559 g/mol. The van der Waals surface area contributed by atoms with Crippen LogP contribution in [0.15, 0.2) is 60.7 Å². The van der Waals surface area contributed by atoms with Crippen LogP contribution in [0.3, 0.4) is 0 Å². The number of hydrogen-bond donors (Lipinski definition) is 2. The number of carbonyl (C=O) groups is 3. The number of anilines is 1. The summed E-state index contributed by atoms with van der Waals surface area (Å²) >= 11 is 0. The lowest BCUT2D eigenvalue weighted by Crippen LogP contribution is -2.59. The summed E-state index contributed by atoms with van der Waals surface area (Å²) in [5, 5.41) is 7.92. The fraction of sp³-hybridized carbons (Fsp3) is 0.441. The second kappa shape index (κ2) is 12.3. The zero-order valence-electron chi connectivity index (χ0n) is 26.1. The zero-order chi connectivity index (χ0) is 30.7. The number of rotatable bonds is 7. The summed E-state index contributed by atoms with van der Waals surface area (Å²) in [6, 6.07) is 17.7. The molecule has 0 aliphatic heterocycles. The van der Waals surface area contributed by atoms with E-state index < -0.39 is 29.3 Å². The molecule has 0 heterocycles. The molecule has 3 aromatic carbocycles. The van der Waals surface area contributed by atoms with Gasteiger partial charge in [0.2, 0.25) is 5.91 Å². The van der Waals surface area contributed by atoms with Crippen LogP contribution in [0.1, 0.15) is 78.1 Å². The molecule has 2 unspecified atom stereocenters. The third-order valence-corrected chi connectivity index (χ3v) is 6.65. The number of aryl methyl sites for hydroxylation is 2. The van der Waals surface area contributed by atoms with Crippen LogP contribution in [0.4, 0.5) is 10.5 Å². The Balaban J connectivity index is 2.10. The fourth-order valence-corrected chi connectivity index (χ4v) is 5.01. The molecule has 0 radical (unpaired) electrons. The summed E-state index contributed by atoms with van der Waals surface area (Å²) in [5.74, 6) is -0.965. The number of ether oxygens (including phenoxy) is 1. The van der Waals surface area contributed by atoms with Gasteiger partial charge in [-0.25, -0.2) is 4.79 Å². The maximum absolute atomic E-state index is 14.4. The van der Waals surface area contributed by atoms with Crippen molar-refractivity contribution in [1.29, 1.82) is 0 Å². The lowest BCUT2D eigenvalue weighted by atomic mass is 9.92. The van der Waals surface area contributed by atoms with Gasteiger partial charge in [0.1, 0.15) is 17.7 Å². The molecule has 0 fully saturated rings. The molecule has 7 nitrogen and oxygen atoms in total. The maximum atomic E-state index is 14.4. The molecule has 0 bridgehead atoms. The molecule has 220 valence electrons. The summed E-state index contributed by atoms with van der Waals surface area (Å²) in [5.41, 5.74) is 1.80. The second-order valence-electron chi connectivity index (χ2n) is 13.1. The van der Waals surface area contributed by atoms with Crippen LogP contribution >= 0.6 is 0 Å². The summed E-state index contributed by atoms with van der Waals surface area (Å²) in [6.45, 7) is 18.7. The van der Waals surface area contributed by atoms with Crippen molar-refractivity contribution >= 4 is 34.4 Å². The Kier molecular flexibility index (Phi) is 9.52. The number of amides is 3. The Hall–Kier alpha value is -3.87. The molecule has 41 heavy (non-hydrogen) atoms. The van der Waals surface area contributed by atoms with Gasteiger partial charge in [-0.1, -0.05) is 73.5 Å². The smallest absolute Gasteiger partial charge is 0.408 e. The average Bonchev–Trinajstić information content (AvgIpc) is 2.82. The molecule has 0 saturated heterocycles. The second-order valence-corrected chi connectivity index (χ2v) is 13.1. The lowest BCUT2D eigenvalue weighted by molar-refractivity contribution is -0.147. The van der Waals surface area contributed by atoms with E-state index in [9.17, 15) is 14.4 Å². The first-order chi connectivity index (χ1) is 19.0. The Labute approximate surface area is 244 Å². The molecular formula is C34H45N3O4. The third-order valence-electron chi connectivity index (χ3n) is 6.65. The van der Waals surface area contributed by atoms with E-state index in [1.165, 1.54) is 0 Å². The first-order valence-electron chi connectivity index (χ1n) is 14.2. The van der Waals surface area contributed by atoms with Crippen molar-refractivity contribution in [2.45, 2.75) is 92.5 Å². The Morgan fingerprint density at radius 1 is 0.805 bits per heavy atom. The van der Waals surface area contributed by atoms with Crippen LogP contribution < -0.4 is 10.6 Å². The van der Waals surface area contributed by atoms with Crippen LogP contribution in [0.5, 0.6) is 0 Å². The van der Waals surface area contributed by atoms with Gasteiger partial charge in [0.05, 0.1) is 0 Å². The number of alkyl carbamates (subject to hydrolysis) is 1. The molecule has 2 N–H and O–H groups in total. The quantitative estimate of drug-likeness (QED) is 0.318. The highest BCUT2D eigenvalue weighted by atomic mass is 16.6. The minimum Gasteiger partial charge on any atom is -0.444 e. The largest absolute Gasteiger partial charge is 0.444 e. The van der Waals surface area contributed by atoms with Crippen molar-refractivity contribution in [3.63, 3.8) is 0 Å². The summed E-state index contributed by atoms with van der Waals surface area (Å²) in [4.78, 5) is 43.0. The third kappa shape index (κ3) is 8.32. The normalized spacial score (nSPS) is 13.4. The lowest BCUT2D eigenvalue weighted by Gasteiger charge is -2.43. The van der Waals surface area contributed by atoms with E-state index in [1.54, 1.807) is 25.7 Å². The van der Waals surface area contributed by atoms with Gasteiger partial charge >= 0.3 is 6.09 Å². The molecule has 0 spiro atoms. The number of benzene rings is 3. The van der Waals surface area contributed by atoms with E-state index in [0.29, 0.717) is 11.3 Å². The van der Waals surface area contributed by atoms with Crippen LogP contribution in [0.25, 0.3) is 10.8 Å². The number of hydrogen-bond acceptors (Lipinski definition) is 4. The topological polar surface area (TPSA) is 87.7 Å². The number of nitrogens with one attached hydrogen (secondary N) is 2. The van der Waals surface area contributed by atoms with Gasteiger partial charge in [-0.3, -0.25) is 9.59 Å². The number of fused-ring (bicyclic) bond motifs is 1. The molecule has 0 aromatic heterocycles. The van der Waals surface area contributed by atoms with Crippen LogP contribution in [-0.4, -0.2) is 40.0 Å². The van der Waals surface area contributed by atoms with Gasteiger partial charge in [-0.05, 0) is 89.8 Å². The van der Waals surface area contributed by atoms with Crippen molar-refractivity contribution in [3.8, 4) is 0 Å². The summed E-state index contributed by atoms with van der Waals surface area (Å²) in [7, 11) is 0. The van der Waals surface area contributed by atoms with E-state index in [0.717, 1.165) is 21.9 Å². The molecule has 2 atom stereocenters. The SMILES string of the molecule is Cc1cc(C)cc(C(C(=O)Nc2ccc3ccccc3c2)N(C(=O)C(NC(=O)OC(C)(C)C)C(C)C)C(C)(C)C)c1. The van der Waals surface area contributed by atoms with Gasteiger partial charge in [0.25, 0.3) is 5.91 Å². The van der Waals surface area contributed by atoms with Crippen molar-refractivity contribution in [3.05, 3.63) is 77.4 Å². The minimum atomic E-state index is -0.964. The van der Waals surface area contributed by atoms with E-state index in [4.69, 9.17) is 4.74 Å². The molecule has 3 rings (SSSR count). The maximum Gasteiger partial charge on any atom is 0.408 e. The molecule has 0 saturated carbocycles. The predicted octanol–water partition coefficient (Wildman–Crippen LogP) is 7.31. The van der Waals surface area contributed by atoms with E-state index >= 15 is 0 Å². The highest BCUT2D eigenvalue weighted by Gasteiger charge is 2.43. The molecular weight excluding hydrogens is 514 g/mol. The summed E-state index contributed by atoms with van der Waals surface area (Å²) in [6.07, 6.45) is -0.679. The van der Waals surface area contributed by atoms with Gasteiger partial charge in [-0.2, -0.15) is 0 Å². The summed E-state index contributed by atoms with van der Waals surface area (Å²) < 4.78 is 5.47. The number of carbonyl (C=O) groups excluding carboxylic acids is 3. The van der Waals surface area contributed by atoms with Gasteiger partial charge < -0.3 is 20.3 Å². The minimum absolute atomic E-state index is 0.261. The van der Waals surface area contributed by atoms with Crippen LogP contribution in [-0.2, 0) is 14.3 Å². The van der Waals surface area contributed by atoms with E-state index in [1.807, 2.05) is 109 Å². The Bertz CT molecular complexity index is 1400. The average molecular weight is 560 g/mol. The van der Waals surface area contributed by atoms with Crippen molar-refractivity contribution in [2.24, 2.45) is 5.92 Å². The molecule has 7 heteroatoms. The first kappa shape index (κ1) is 31.7. The zero-order valence-corrected chi connectivity index (χ0v) is 26.1. The van der Waals surface area contributed by atoms with Gasteiger partial charge in [0, 0.05) is 11.2 Å². The molecule has 0 aliphatic rings. The standard InChI is InChI=1S/C34H45N3O4/c1-21(2)28(36-32(40)41-34(8,9)10)31(39)37(33(5,6)7)29(26-18-22(3)17-23(4)19-26)30(38)35-27-16-15-24-13-11-12-14-25(24)20-27/h11-21,28-29H,1-10H3,(H,35,38)(H,36,40). The van der Waals surface area contributed by atoms with E-state index in [2.05, 4.69) is 10.6 Å². The van der Waals surface area contributed by atoms with Crippen molar-refractivity contribution < 1.29 is 19.1 Å². The van der Waals surface area contributed by atoms with Gasteiger partial charge in [0.15, 0.2) is 0 Å². The van der Waals surface area contributed by atoms with Crippen molar-refractivity contribution in [2.75, 3.05) is 5.32 Å². The first-order valence-corrected chi connectivity index (χ1v) is 14.2. The fourth-order valence-electron chi connectivity index (χ4n) is 5.01. The van der Waals surface area contributed by atoms with Crippen molar-refractivity contribution in [1.82, 2.24) is 10.2 Å². The molecule has 3 aromatic rings. The van der Waals surface area contributed by atoms with Crippen LogP contribution in [0, 0.1) is 19.8 Å². The van der Waals surface area contributed by atoms with Crippen LogP contribution in [0.2, 0.25) is 0 Å². The highest BCUT2D eigenvalue weighted by molar-refractivity contribution is 6.00. The molecule has 0 aliphatic carbocycles. The molecule has 3 amide bonds. The van der Waals surface area contributed by atoms with E-state index in [-0.39, 0.29) is 17.7 Å².